The average molecular weight is 244 g/mol. The summed E-state index contributed by atoms with van der Waals surface area (Å²) in [5, 5.41) is 0. The molecule has 2 rings (SSSR count). The fraction of sp³-hybridized carbons (Fsp3) is 0.267. The number of rotatable bonds is 3. The van der Waals surface area contributed by atoms with Crippen LogP contribution in [-0.2, 0) is 4.74 Å². The van der Waals surface area contributed by atoms with Crippen molar-refractivity contribution in [1.82, 2.24) is 0 Å². The highest BCUT2D eigenvalue weighted by molar-refractivity contribution is 5.89. The molecule has 0 radical (unpaired) electrons. The summed E-state index contributed by atoms with van der Waals surface area (Å²) in [6, 6.07) is 11.1. The van der Waals surface area contributed by atoms with Crippen LogP contribution in [0.25, 0.3) is 11.3 Å². The Morgan fingerprint density at radius 3 is 2.28 bits per heavy atom. The first-order valence-electron chi connectivity index (χ1n) is 5.90. The standard InChI is InChI=1S/C15H16O3/c1-10(2)13-8-9-14(18-13)11-4-6-12(7-5-11)15(16)17-3/h4-10H,1-3H3. The number of hydrogen-bond acceptors (Lipinski definition) is 3. The second-order valence-corrected chi connectivity index (χ2v) is 4.43. The van der Waals surface area contributed by atoms with E-state index in [0.29, 0.717) is 11.5 Å². The summed E-state index contributed by atoms with van der Waals surface area (Å²) in [5.74, 6) is 1.81. The lowest BCUT2D eigenvalue weighted by atomic mass is 10.1. The molecule has 0 aliphatic rings. The highest BCUT2D eigenvalue weighted by atomic mass is 16.5. The van der Waals surface area contributed by atoms with E-state index in [2.05, 4.69) is 18.6 Å². The minimum absolute atomic E-state index is 0.330. The third-order valence-corrected chi connectivity index (χ3v) is 2.79. The van der Waals surface area contributed by atoms with Crippen LogP contribution < -0.4 is 0 Å². The summed E-state index contributed by atoms with van der Waals surface area (Å²) in [6.45, 7) is 4.17. The van der Waals surface area contributed by atoms with Crippen molar-refractivity contribution in [2.75, 3.05) is 7.11 Å². The molecule has 1 aromatic carbocycles. The van der Waals surface area contributed by atoms with E-state index in [0.717, 1.165) is 17.1 Å². The predicted octanol–water partition coefficient (Wildman–Crippen LogP) is 3.86. The molecule has 0 fully saturated rings. The fourth-order valence-corrected chi connectivity index (χ4v) is 1.71. The summed E-state index contributed by atoms with van der Waals surface area (Å²) in [7, 11) is 1.37. The van der Waals surface area contributed by atoms with Crippen LogP contribution in [0.1, 0.15) is 35.9 Å². The highest BCUT2D eigenvalue weighted by Gasteiger charge is 2.09. The minimum Gasteiger partial charge on any atom is -0.465 e. The normalized spacial score (nSPS) is 10.7. The Morgan fingerprint density at radius 2 is 1.78 bits per heavy atom. The number of hydrogen-bond donors (Lipinski definition) is 0. The van der Waals surface area contributed by atoms with E-state index in [1.165, 1.54) is 7.11 Å². The fourth-order valence-electron chi connectivity index (χ4n) is 1.71. The molecule has 18 heavy (non-hydrogen) atoms. The molecule has 0 N–H and O–H groups in total. The van der Waals surface area contributed by atoms with Gasteiger partial charge in [-0.3, -0.25) is 0 Å². The molecule has 0 bridgehead atoms. The first kappa shape index (κ1) is 12.4. The molecule has 3 heteroatoms. The molecular weight excluding hydrogens is 228 g/mol. The van der Waals surface area contributed by atoms with Gasteiger partial charge in [0.05, 0.1) is 12.7 Å². The van der Waals surface area contributed by atoms with Crippen LogP contribution in [0.5, 0.6) is 0 Å². The summed E-state index contributed by atoms with van der Waals surface area (Å²) in [6.07, 6.45) is 0. The van der Waals surface area contributed by atoms with Crippen molar-refractivity contribution < 1.29 is 13.9 Å². The van der Waals surface area contributed by atoms with Gasteiger partial charge in [-0.05, 0) is 24.3 Å². The van der Waals surface area contributed by atoms with Crippen LogP contribution >= 0.6 is 0 Å². The molecule has 0 aliphatic heterocycles. The molecule has 1 heterocycles. The lowest BCUT2D eigenvalue weighted by Gasteiger charge is -2.02. The van der Waals surface area contributed by atoms with Gasteiger partial charge >= 0.3 is 5.97 Å². The zero-order valence-corrected chi connectivity index (χ0v) is 10.8. The van der Waals surface area contributed by atoms with Crippen LogP contribution in [0.4, 0.5) is 0 Å². The Labute approximate surface area is 106 Å². The lowest BCUT2D eigenvalue weighted by Crippen LogP contribution is -2.00. The van der Waals surface area contributed by atoms with Gasteiger partial charge in [0.25, 0.3) is 0 Å². The van der Waals surface area contributed by atoms with E-state index < -0.39 is 0 Å². The number of carbonyl (C=O) groups excluding carboxylic acids is 1. The number of furan rings is 1. The summed E-state index contributed by atoms with van der Waals surface area (Å²) < 4.78 is 10.4. The maximum absolute atomic E-state index is 11.3. The number of esters is 1. The van der Waals surface area contributed by atoms with Gasteiger partial charge in [-0.25, -0.2) is 4.79 Å². The lowest BCUT2D eigenvalue weighted by molar-refractivity contribution is 0.0601. The van der Waals surface area contributed by atoms with Crippen molar-refractivity contribution in [3.63, 3.8) is 0 Å². The monoisotopic (exact) mass is 244 g/mol. The van der Waals surface area contributed by atoms with Gasteiger partial charge in [-0.1, -0.05) is 26.0 Å². The van der Waals surface area contributed by atoms with Crippen LogP contribution in [0.15, 0.2) is 40.8 Å². The number of carbonyl (C=O) groups is 1. The van der Waals surface area contributed by atoms with Crippen molar-refractivity contribution in [2.45, 2.75) is 19.8 Å². The van der Waals surface area contributed by atoms with Crippen LogP contribution in [0.2, 0.25) is 0 Å². The second-order valence-electron chi connectivity index (χ2n) is 4.43. The van der Waals surface area contributed by atoms with Gasteiger partial charge in [0.15, 0.2) is 0 Å². The van der Waals surface area contributed by atoms with Gasteiger partial charge in [0, 0.05) is 11.5 Å². The first-order valence-corrected chi connectivity index (χ1v) is 5.90. The van der Waals surface area contributed by atoms with Crippen molar-refractivity contribution in [1.29, 1.82) is 0 Å². The SMILES string of the molecule is COC(=O)c1ccc(-c2ccc(C(C)C)o2)cc1. The highest BCUT2D eigenvalue weighted by Crippen LogP contribution is 2.26. The molecular formula is C15H16O3. The third kappa shape index (κ3) is 2.45. The van der Waals surface area contributed by atoms with E-state index in [1.54, 1.807) is 12.1 Å². The average Bonchev–Trinajstić information content (AvgIpc) is 2.88. The van der Waals surface area contributed by atoms with Gasteiger partial charge in [0.2, 0.25) is 0 Å². The first-order chi connectivity index (χ1) is 8.61. The van der Waals surface area contributed by atoms with Crippen LogP contribution in [0.3, 0.4) is 0 Å². The predicted molar refractivity (Wildman–Crippen MR) is 69.6 cm³/mol. The number of methoxy groups -OCH3 is 1. The maximum atomic E-state index is 11.3. The van der Waals surface area contributed by atoms with Crippen molar-refractivity contribution in [3.8, 4) is 11.3 Å². The molecule has 0 atom stereocenters. The largest absolute Gasteiger partial charge is 0.465 e. The summed E-state index contributed by atoms with van der Waals surface area (Å²) in [4.78, 5) is 11.3. The summed E-state index contributed by atoms with van der Waals surface area (Å²) >= 11 is 0. The zero-order valence-electron chi connectivity index (χ0n) is 10.8. The number of ether oxygens (including phenoxy) is 1. The second kappa shape index (κ2) is 5.08. The van der Waals surface area contributed by atoms with E-state index >= 15 is 0 Å². The van der Waals surface area contributed by atoms with E-state index in [1.807, 2.05) is 24.3 Å². The van der Waals surface area contributed by atoms with Crippen LogP contribution in [-0.4, -0.2) is 13.1 Å². The molecule has 0 unspecified atom stereocenters. The van der Waals surface area contributed by atoms with Crippen molar-refractivity contribution in [2.24, 2.45) is 0 Å². The Morgan fingerprint density at radius 1 is 1.11 bits per heavy atom. The molecule has 1 aromatic heterocycles. The van der Waals surface area contributed by atoms with Gasteiger partial charge in [0.1, 0.15) is 11.5 Å². The van der Waals surface area contributed by atoms with Crippen LogP contribution in [0, 0.1) is 0 Å². The van der Waals surface area contributed by atoms with Gasteiger partial charge < -0.3 is 9.15 Å². The van der Waals surface area contributed by atoms with Crippen molar-refractivity contribution >= 4 is 5.97 Å². The quantitative estimate of drug-likeness (QED) is 0.770. The molecule has 0 aliphatic carbocycles. The van der Waals surface area contributed by atoms with E-state index in [-0.39, 0.29) is 5.97 Å². The molecule has 0 saturated heterocycles. The smallest absolute Gasteiger partial charge is 0.337 e. The zero-order chi connectivity index (χ0) is 13.1. The van der Waals surface area contributed by atoms with E-state index in [4.69, 9.17) is 4.42 Å². The Balaban J connectivity index is 2.25. The van der Waals surface area contributed by atoms with Gasteiger partial charge in [-0.2, -0.15) is 0 Å². The minimum atomic E-state index is -0.330. The Hall–Kier alpha value is -2.03. The molecule has 0 saturated carbocycles. The molecule has 3 nitrogen and oxygen atoms in total. The molecule has 94 valence electrons. The van der Waals surface area contributed by atoms with E-state index in [9.17, 15) is 4.79 Å². The van der Waals surface area contributed by atoms with Crippen molar-refractivity contribution in [3.05, 3.63) is 47.7 Å². The topological polar surface area (TPSA) is 39.4 Å². The summed E-state index contributed by atoms with van der Waals surface area (Å²) in [5.41, 5.74) is 1.49. The maximum Gasteiger partial charge on any atom is 0.337 e. The third-order valence-electron chi connectivity index (χ3n) is 2.79. The molecule has 0 spiro atoms. The Kier molecular flexibility index (Phi) is 3.51. The van der Waals surface area contributed by atoms with Gasteiger partial charge in [-0.15, -0.1) is 0 Å². The number of benzene rings is 1. The Bertz CT molecular complexity index is 535. The molecule has 0 amide bonds. The molecule has 2 aromatic rings.